The minimum Gasteiger partial charge on any atom is -0.481 e. The van der Waals surface area contributed by atoms with Crippen molar-refractivity contribution < 1.29 is 14.7 Å². The molecule has 0 saturated heterocycles. The number of hydrogen-bond acceptors (Lipinski definition) is 3. The van der Waals surface area contributed by atoms with E-state index in [2.05, 4.69) is 15.9 Å². The van der Waals surface area contributed by atoms with Gasteiger partial charge in [-0.15, -0.1) is 11.8 Å². The number of amides is 1. The molecule has 1 atom stereocenters. The zero-order valence-corrected chi connectivity index (χ0v) is 10.6. The number of carboxylic acids is 1. The molecule has 3 N–H and O–H groups in total. The molecule has 0 saturated carbocycles. The van der Waals surface area contributed by atoms with Crippen LogP contribution in [-0.4, -0.2) is 22.7 Å². The fourth-order valence-electron chi connectivity index (χ4n) is 1.13. The summed E-state index contributed by atoms with van der Waals surface area (Å²) in [7, 11) is 0. The van der Waals surface area contributed by atoms with E-state index in [1.165, 1.54) is 0 Å². The van der Waals surface area contributed by atoms with Crippen LogP contribution in [0.15, 0.2) is 28.7 Å². The van der Waals surface area contributed by atoms with Gasteiger partial charge in [0, 0.05) is 4.47 Å². The van der Waals surface area contributed by atoms with Gasteiger partial charge in [0.15, 0.2) is 0 Å². The molecule has 86 valence electrons. The van der Waals surface area contributed by atoms with Gasteiger partial charge in [-0.1, -0.05) is 28.1 Å². The van der Waals surface area contributed by atoms with E-state index in [-0.39, 0.29) is 5.75 Å². The van der Waals surface area contributed by atoms with Gasteiger partial charge in [0.25, 0.3) is 0 Å². The van der Waals surface area contributed by atoms with Crippen LogP contribution in [0.3, 0.4) is 0 Å². The van der Waals surface area contributed by atoms with Crippen LogP contribution >= 0.6 is 27.7 Å². The number of carboxylic acid groups (broad SMARTS) is 1. The van der Waals surface area contributed by atoms with E-state index in [9.17, 15) is 9.59 Å². The van der Waals surface area contributed by atoms with Gasteiger partial charge in [0.05, 0.1) is 5.75 Å². The lowest BCUT2D eigenvalue weighted by atomic mass is 10.1. The standard InChI is InChI=1S/C10H10BrNO3S/c11-7-3-1-6(2-4-7)9(10(12)15)16-5-8(13)14/h1-4,9H,5H2,(H2,12,15)(H,13,14). The molecule has 0 spiro atoms. The van der Waals surface area contributed by atoms with Gasteiger partial charge in [-0.3, -0.25) is 9.59 Å². The van der Waals surface area contributed by atoms with Crippen molar-refractivity contribution in [3.8, 4) is 0 Å². The number of aliphatic carboxylic acids is 1. The molecule has 0 aliphatic heterocycles. The minimum atomic E-state index is -0.964. The van der Waals surface area contributed by atoms with Gasteiger partial charge >= 0.3 is 5.97 Å². The van der Waals surface area contributed by atoms with Crippen LogP contribution in [-0.2, 0) is 9.59 Å². The average molecular weight is 304 g/mol. The molecule has 1 rings (SSSR count). The number of nitrogens with two attached hydrogens (primary N) is 1. The normalized spacial score (nSPS) is 12.1. The molecule has 16 heavy (non-hydrogen) atoms. The Hall–Kier alpha value is -1.01. The number of thioether (sulfide) groups is 1. The van der Waals surface area contributed by atoms with Crippen molar-refractivity contribution in [1.29, 1.82) is 0 Å². The van der Waals surface area contributed by atoms with Gasteiger partial charge in [-0.05, 0) is 17.7 Å². The van der Waals surface area contributed by atoms with E-state index in [0.29, 0.717) is 5.56 Å². The molecule has 0 radical (unpaired) electrons. The van der Waals surface area contributed by atoms with E-state index in [0.717, 1.165) is 16.2 Å². The van der Waals surface area contributed by atoms with Crippen molar-refractivity contribution in [3.63, 3.8) is 0 Å². The predicted octanol–water partition coefficient (Wildman–Crippen LogP) is 1.79. The molecule has 0 fully saturated rings. The second kappa shape index (κ2) is 5.91. The number of carbonyl (C=O) groups is 2. The summed E-state index contributed by atoms with van der Waals surface area (Å²) in [6.07, 6.45) is 0. The third kappa shape index (κ3) is 3.86. The second-order valence-electron chi connectivity index (χ2n) is 3.04. The highest BCUT2D eigenvalue weighted by molar-refractivity contribution is 9.10. The summed E-state index contributed by atoms with van der Waals surface area (Å²) in [6, 6.07) is 7.06. The summed E-state index contributed by atoms with van der Waals surface area (Å²) in [5.74, 6) is -1.65. The first-order valence-electron chi connectivity index (χ1n) is 4.39. The van der Waals surface area contributed by atoms with Gasteiger partial charge in [-0.2, -0.15) is 0 Å². The fourth-order valence-corrected chi connectivity index (χ4v) is 2.22. The number of benzene rings is 1. The zero-order valence-electron chi connectivity index (χ0n) is 8.22. The summed E-state index contributed by atoms with van der Waals surface area (Å²) >= 11 is 4.28. The monoisotopic (exact) mass is 303 g/mol. The first kappa shape index (κ1) is 13.1. The Kier molecular flexibility index (Phi) is 4.82. The van der Waals surface area contributed by atoms with Crippen molar-refractivity contribution in [2.24, 2.45) is 5.73 Å². The first-order valence-corrected chi connectivity index (χ1v) is 6.23. The van der Waals surface area contributed by atoms with Crippen LogP contribution in [0, 0.1) is 0 Å². The lowest BCUT2D eigenvalue weighted by molar-refractivity contribution is -0.133. The van der Waals surface area contributed by atoms with E-state index in [1.807, 2.05) is 0 Å². The average Bonchev–Trinajstić information content (AvgIpc) is 2.20. The maximum absolute atomic E-state index is 11.2. The molecule has 0 heterocycles. The summed E-state index contributed by atoms with van der Waals surface area (Å²) in [4.78, 5) is 21.6. The molecule has 0 aliphatic rings. The Labute approximate surface area is 105 Å². The number of carbonyl (C=O) groups excluding carboxylic acids is 1. The number of primary amides is 1. The molecule has 4 nitrogen and oxygen atoms in total. The summed E-state index contributed by atoms with van der Waals surface area (Å²) in [6.45, 7) is 0. The summed E-state index contributed by atoms with van der Waals surface area (Å²) < 4.78 is 0.891. The molecule has 1 amide bonds. The predicted molar refractivity (Wildman–Crippen MR) is 66.2 cm³/mol. The van der Waals surface area contributed by atoms with Crippen LogP contribution in [0.25, 0.3) is 0 Å². The van der Waals surface area contributed by atoms with E-state index < -0.39 is 17.1 Å². The summed E-state index contributed by atoms with van der Waals surface area (Å²) in [5.41, 5.74) is 5.94. The van der Waals surface area contributed by atoms with Crippen molar-refractivity contribution in [1.82, 2.24) is 0 Å². The Morgan fingerprint density at radius 2 is 1.94 bits per heavy atom. The molecular formula is C10H10BrNO3S. The molecule has 1 unspecified atom stereocenters. The van der Waals surface area contributed by atoms with Crippen molar-refractivity contribution >= 4 is 39.6 Å². The third-order valence-electron chi connectivity index (χ3n) is 1.80. The topological polar surface area (TPSA) is 80.4 Å². The van der Waals surface area contributed by atoms with Gasteiger partial charge in [0.2, 0.25) is 5.91 Å². The molecule has 1 aromatic carbocycles. The molecule has 1 aromatic rings. The largest absolute Gasteiger partial charge is 0.481 e. The Morgan fingerprint density at radius 3 is 2.38 bits per heavy atom. The van der Waals surface area contributed by atoms with Crippen LogP contribution in [0.4, 0.5) is 0 Å². The second-order valence-corrected chi connectivity index (χ2v) is 5.05. The van der Waals surface area contributed by atoms with Gasteiger partial charge in [-0.25, -0.2) is 0 Å². The number of rotatable bonds is 5. The number of hydrogen-bond donors (Lipinski definition) is 2. The van der Waals surface area contributed by atoms with E-state index in [1.54, 1.807) is 24.3 Å². The molecule has 0 aromatic heterocycles. The van der Waals surface area contributed by atoms with E-state index >= 15 is 0 Å². The third-order valence-corrected chi connectivity index (χ3v) is 3.58. The van der Waals surface area contributed by atoms with Gasteiger partial charge < -0.3 is 10.8 Å². The quantitative estimate of drug-likeness (QED) is 0.869. The number of halogens is 1. The van der Waals surface area contributed by atoms with E-state index in [4.69, 9.17) is 10.8 Å². The van der Waals surface area contributed by atoms with Crippen LogP contribution < -0.4 is 5.73 Å². The maximum atomic E-state index is 11.2. The smallest absolute Gasteiger partial charge is 0.313 e. The first-order chi connectivity index (χ1) is 7.50. The van der Waals surface area contributed by atoms with Crippen LogP contribution in [0.5, 0.6) is 0 Å². The highest BCUT2D eigenvalue weighted by Gasteiger charge is 2.19. The molecular weight excluding hydrogens is 294 g/mol. The highest BCUT2D eigenvalue weighted by atomic mass is 79.9. The Morgan fingerprint density at radius 1 is 1.38 bits per heavy atom. The minimum absolute atomic E-state index is 0.149. The van der Waals surface area contributed by atoms with Crippen molar-refractivity contribution in [2.45, 2.75) is 5.25 Å². The van der Waals surface area contributed by atoms with Crippen LogP contribution in [0.2, 0.25) is 0 Å². The highest BCUT2D eigenvalue weighted by Crippen LogP contribution is 2.29. The Bertz CT molecular complexity index is 394. The van der Waals surface area contributed by atoms with Crippen molar-refractivity contribution in [3.05, 3.63) is 34.3 Å². The maximum Gasteiger partial charge on any atom is 0.313 e. The SMILES string of the molecule is NC(=O)C(SCC(=O)O)c1ccc(Br)cc1. The molecule has 6 heteroatoms. The Balaban J connectivity index is 2.81. The van der Waals surface area contributed by atoms with Crippen molar-refractivity contribution in [2.75, 3.05) is 5.75 Å². The van der Waals surface area contributed by atoms with Gasteiger partial charge in [0.1, 0.15) is 5.25 Å². The molecule has 0 aliphatic carbocycles. The van der Waals surface area contributed by atoms with Crippen LogP contribution in [0.1, 0.15) is 10.8 Å². The summed E-state index contributed by atoms with van der Waals surface area (Å²) in [5, 5.41) is 7.93. The zero-order chi connectivity index (χ0) is 12.1. The fraction of sp³-hybridized carbons (Fsp3) is 0.200. The lowest BCUT2D eigenvalue weighted by Gasteiger charge is -2.12. The molecule has 0 bridgehead atoms. The lowest BCUT2D eigenvalue weighted by Crippen LogP contribution is -2.20.